The largest absolute Gasteiger partial charge is 0.350 e. The number of hydrogen-bond acceptors (Lipinski definition) is 3. The first-order valence-electron chi connectivity index (χ1n) is 7.78. The number of fused-ring (bicyclic) bond motifs is 1. The second-order valence-corrected chi connectivity index (χ2v) is 6.47. The van der Waals surface area contributed by atoms with Crippen LogP contribution in [-0.4, -0.2) is 22.2 Å². The molecule has 6 heteroatoms. The Morgan fingerprint density at radius 3 is 2.87 bits per heavy atom. The average molecular weight is 376 g/mol. The van der Waals surface area contributed by atoms with E-state index in [2.05, 4.69) is 26.3 Å². The van der Waals surface area contributed by atoms with Crippen molar-refractivity contribution in [3.63, 3.8) is 0 Å². The molecule has 1 amide bonds. The van der Waals surface area contributed by atoms with Crippen LogP contribution in [-0.2, 0) is 19.4 Å². The zero-order chi connectivity index (χ0) is 16.2. The van der Waals surface area contributed by atoms with E-state index in [1.165, 1.54) is 4.68 Å². The maximum absolute atomic E-state index is 12.1. The van der Waals surface area contributed by atoms with Crippen LogP contribution in [0.1, 0.15) is 34.5 Å². The molecule has 0 fully saturated rings. The van der Waals surface area contributed by atoms with Gasteiger partial charge in [-0.1, -0.05) is 12.1 Å². The van der Waals surface area contributed by atoms with E-state index in [0.29, 0.717) is 18.7 Å². The summed E-state index contributed by atoms with van der Waals surface area (Å²) in [6, 6.07) is 8.94. The number of rotatable bonds is 4. The molecule has 1 aromatic heterocycles. The van der Waals surface area contributed by atoms with E-state index in [1.54, 1.807) is 12.1 Å². The molecule has 120 valence electrons. The SMILES string of the molecule is O=C(NCCn1nc2c(cc1=O)CCCC2)c1ccccc1Br. The summed E-state index contributed by atoms with van der Waals surface area (Å²) >= 11 is 3.36. The Hall–Kier alpha value is -1.95. The van der Waals surface area contributed by atoms with E-state index in [4.69, 9.17) is 0 Å². The van der Waals surface area contributed by atoms with E-state index in [1.807, 2.05) is 18.2 Å². The molecule has 3 rings (SSSR count). The van der Waals surface area contributed by atoms with Crippen LogP contribution in [0.3, 0.4) is 0 Å². The Bertz CT molecular complexity index is 786. The standard InChI is InChI=1S/C17H18BrN3O2/c18-14-7-3-2-6-13(14)17(23)19-9-10-21-16(22)11-12-5-1-4-8-15(12)20-21/h2-3,6-7,11H,1,4-5,8-10H2,(H,19,23). The van der Waals surface area contributed by atoms with E-state index < -0.39 is 0 Å². The average Bonchev–Trinajstić information content (AvgIpc) is 2.55. The number of carbonyl (C=O) groups excluding carboxylic acids is 1. The van der Waals surface area contributed by atoms with Crippen LogP contribution in [0.4, 0.5) is 0 Å². The number of benzene rings is 1. The number of aromatic nitrogens is 2. The lowest BCUT2D eigenvalue weighted by atomic mass is 9.97. The number of aryl methyl sites for hydroxylation is 2. The van der Waals surface area contributed by atoms with Crippen molar-refractivity contribution in [3.8, 4) is 0 Å². The number of nitrogens with zero attached hydrogens (tertiary/aromatic N) is 2. The van der Waals surface area contributed by atoms with E-state index >= 15 is 0 Å². The molecular formula is C17H18BrN3O2. The molecule has 0 unspecified atom stereocenters. The third-order valence-corrected chi connectivity index (χ3v) is 4.69. The van der Waals surface area contributed by atoms with Crippen LogP contribution < -0.4 is 10.9 Å². The summed E-state index contributed by atoms with van der Waals surface area (Å²) in [4.78, 5) is 24.2. The molecule has 0 bridgehead atoms. The quantitative estimate of drug-likeness (QED) is 0.891. The van der Waals surface area contributed by atoms with Crippen LogP contribution in [0.2, 0.25) is 0 Å². The highest BCUT2D eigenvalue weighted by Gasteiger charge is 2.13. The van der Waals surface area contributed by atoms with Crippen molar-refractivity contribution in [1.82, 2.24) is 15.1 Å². The van der Waals surface area contributed by atoms with E-state index in [9.17, 15) is 9.59 Å². The first-order valence-corrected chi connectivity index (χ1v) is 8.57. The molecule has 1 aliphatic rings. The fourth-order valence-electron chi connectivity index (χ4n) is 2.78. The molecule has 23 heavy (non-hydrogen) atoms. The van der Waals surface area contributed by atoms with Crippen molar-refractivity contribution in [1.29, 1.82) is 0 Å². The summed E-state index contributed by atoms with van der Waals surface area (Å²) in [6.45, 7) is 0.744. The van der Waals surface area contributed by atoms with Gasteiger partial charge in [-0.15, -0.1) is 0 Å². The van der Waals surface area contributed by atoms with Gasteiger partial charge in [0.25, 0.3) is 11.5 Å². The highest BCUT2D eigenvalue weighted by Crippen LogP contribution is 2.17. The zero-order valence-corrected chi connectivity index (χ0v) is 14.3. The van der Waals surface area contributed by atoms with Gasteiger partial charge in [-0.2, -0.15) is 5.10 Å². The molecule has 1 heterocycles. The summed E-state index contributed by atoms with van der Waals surface area (Å²) in [7, 11) is 0. The van der Waals surface area contributed by atoms with E-state index in [0.717, 1.165) is 41.4 Å². The fourth-order valence-corrected chi connectivity index (χ4v) is 3.24. The van der Waals surface area contributed by atoms with Crippen LogP contribution in [0.25, 0.3) is 0 Å². The number of nitrogens with one attached hydrogen (secondary N) is 1. The van der Waals surface area contributed by atoms with Crippen molar-refractivity contribution >= 4 is 21.8 Å². The smallest absolute Gasteiger partial charge is 0.267 e. The normalized spacial score (nSPS) is 13.4. The van der Waals surface area contributed by atoms with Gasteiger partial charge in [-0.3, -0.25) is 9.59 Å². The van der Waals surface area contributed by atoms with Crippen LogP contribution >= 0.6 is 15.9 Å². The molecule has 0 aliphatic heterocycles. The summed E-state index contributed by atoms with van der Waals surface area (Å²) in [6.07, 6.45) is 4.12. The van der Waals surface area contributed by atoms with Crippen LogP contribution in [0.15, 0.2) is 39.6 Å². The van der Waals surface area contributed by atoms with E-state index in [-0.39, 0.29) is 11.5 Å². The zero-order valence-electron chi connectivity index (χ0n) is 12.7. The summed E-state index contributed by atoms with van der Waals surface area (Å²) in [5.74, 6) is -0.163. The van der Waals surface area contributed by atoms with Gasteiger partial charge in [0.05, 0.1) is 17.8 Å². The van der Waals surface area contributed by atoms with Gasteiger partial charge < -0.3 is 5.32 Å². The maximum Gasteiger partial charge on any atom is 0.267 e. The third kappa shape index (κ3) is 3.69. The fraction of sp³-hybridized carbons (Fsp3) is 0.353. The molecule has 2 aromatic rings. The van der Waals surface area contributed by atoms with Crippen LogP contribution in [0, 0.1) is 0 Å². The molecular weight excluding hydrogens is 358 g/mol. The molecule has 0 atom stereocenters. The maximum atomic E-state index is 12.1. The Labute approximate surface area is 142 Å². The van der Waals surface area contributed by atoms with Gasteiger partial charge in [-0.25, -0.2) is 4.68 Å². The van der Waals surface area contributed by atoms with Crippen molar-refractivity contribution in [3.05, 3.63) is 62.0 Å². The Morgan fingerprint density at radius 1 is 1.26 bits per heavy atom. The van der Waals surface area contributed by atoms with Crippen molar-refractivity contribution in [2.45, 2.75) is 32.2 Å². The highest BCUT2D eigenvalue weighted by atomic mass is 79.9. The molecule has 0 spiro atoms. The minimum atomic E-state index is -0.163. The second kappa shape index (κ2) is 7.08. The molecule has 1 aliphatic carbocycles. The molecule has 0 radical (unpaired) electrons. The summed E-state index contributed by atoms with van der Waals surface area (Å²) in [5, 5.41) is 7.27. The van der Waals surface area contributed by atoms with Gasteiger partial charge in [0.15, 0.2) is 0 Å². The highest BCUT2D eigenvalue weighted by molar-refractivity contribution is 9.10. The molecule has 0 saturated heterocycles. The predicted molar refractivity (Wildman–Crippen MR) is 91.6 cm³/mol. The number of amides is 1. The van der Waals surface area contributed by atoms with Gasteiger partial charge >= 0.3 is 0 Å². The first kappa shape index (κ1) is 15.9. The van der Waals surface area contributed by atoms with Gasteiger partial charge in [-0.05, 0) is 59.3 Å². The van der Waals surface area contributed by atoms with Gasteiger partial charge in [0.2, 0.25) is 0 Å². The Kier molecular flexibility index (Phi) is 4.91. The second-order valence-electron chi connectivity index (χ2n) is 5.62. The Morgan fingerprint density at radius 2 is 2.04 bits per heavy atom. The topological polar surface area (TPSA) is 64.0 Å². The lowest BCUT2D eigenvalue weighted by molar-refractivity contribution is 0.0951. The summed E-state index contributed by atoms with van der Waals surface area (Å²) in [5.41, 5.74) is 2.58. The molecule has 1 N–H and O–H groups in total. The minimum absolute atomic E-state index is 0.0965. The molecule has 1 aromatic carbocycles. The lowest BCUT2D eigenvalue weighted by Gasteiger charge is -2.16. The minimum Gasteiger partial charge on any atom is -0.350 e. The van der Waals surface area contributed by atoms with Crippen molar-refractivity contribution in [2.24, 2.45) is 0 Å². The van der Waals surface area contributed by atoms with Gasteiger partial charge in [0.1, 0.15) is 0 Å². The molecule has 0 saturated carbocycles. The third-order valence-electron chi connectivity index (χ3n) is 4.00. The lowest BCUT2D eigenvalue weighted by Crippen LogP contribution is -2.33. The number of halogens is 1. The number of hydrogen-bond donors (Lipinski definition) is 1. The van der Waals surface area contributed by atoms with Crippen molar-refractivity contribution in [2.75, 3.05) is 6.54 Å². The number of carbonyl (C=O) groups is 1. The molecule has 5 nitrogen and oxygen atoms in total. The Balaban J connectivity index is 1.64. The van der Waals surface area contributed by atoms with Crippen LogP contribution in [0.5, 0.6) is 0 Å². The summed E-state index contributed by atoms with van der Waals surface area (Å²) < 4.78 is 2.20. The monoisotopic (exact) mass is 375 g/mol. The van der Waals surface area contributed by atoms with Gasteiger partial charge in [0, 0.05) is 17.1 Å². The predicted octanol–water partition coefficient (Wildman–Crippen LogP) is 2.31. The van der Waals surface area contributed by atoms with Crippen molar-refractivity contribution < 1.29 is 4.79 Å². The first-order chi connectivity index (χ1) is 11.1.